The number of halogens is 2. The quantitative estimate of drug-likeness (QED) is 0.175. The lowest BCUT2D eigenvalue weighted by molar-refractivity contribution is -0.135. The number of nitrogens with one attached hydrogen (secondary N) is 2. The van der Waals surface area contributed by atoms with Crippen molar-refractivity contribution < 1.29 is 23.2 Å². The molecule has 0 radical (unpaired) electrons. The zero-order valence-electron chi connectivity index (χ0n) is 39.4. The lowest BCUT2D eigenvalue weighted by atomic mass is 9.87. The van der Waals surface area contributed by atoms with Gasteiger partial charge in [-0.15, -0.1) is 0 Å². The second kappa shape index (κ2) is 19.1. The normalized spacial score (nSPS) is 19.5. The molecule has 0 saturated carbocycles. The fraction of sp³-hybridized carbons (Fsp3) is 0.451. The Labute approximate surface area is 398 Å². The van der Waals surface area contributed by atoms with Gasteiger partial charge < -0.3 is 19.7 Å². The molecule has 4 fully saturated rings. The first kappa shape index (κ1) is 46.2. The number of fused-ring (bicyclic) bond motifs is 2. The van der Waals surface area contributed by atoms with E-state index in [1.165, 1.54) is 16.7 Å². The van der Waals surface area contributed by atoms with E-state index in [4.69, 9.17) is 0 Å². The van der Waals surface area contributed by atoms with Crippen LogP contribution in [0.15, 0.2) is 76.6 Å². The van der Waals surface area contributed by atoms with E-state index in [0.717, 1.165) is 91.3 Å². The Morgan fingerprint density at radius 1 is 0.768 bits per heavy atom. The Morgan fingerprint density at radius 2 is 1.48 bits per heavy atom. The summed E-state index contributed by atoms with van der Waals surface area (Å²) in [5.74, 6) is -2.30. The van der Waals surface area contributed by atoms with Crippen molar-refractivity contribution in [2.45, 2.75) is 63.6 Å². The lowest BCUT2D eigenvalue weighted by Gasteiger charge is -2.39. The monoisotopic (exact) mass is 943 g/mol. The van der Waals surface area contributed by atoms with Crippen molar-refractivity contribution in [3.63, 3.8) is 0 Å². The highest BCUT2D eigenvalue weighted by atomic mass is 19.1. The van der Waals surface area contributed by atoms with E-state index in [0.29, 0.717) is 63.4 Å². The summed E-state index contributed by atoms with van der Waals surface area (Å²) in [6.07, 6.45) is 6.76. The maximum absolute atomic E-state index is 15.8. The molecule has 16 nitrogen and oxygen atoms in total. The Balaban J connectivity index is 0.689. The summed E-state index contributed by atoms with van der Waals surface area (Å²) >= 11 is 0. The van der Waals surface area contributed by atoms with Crippen LogP contribution in [0.5, 0.6) is 0 Å². The van der Waals surface area contributed by atoms with E-state index in [9.17, 15) is 24.0 Å². The second-order valence-electron chi connectivity index (χ2n) is 19.4. The van der Waals surface area contributed by atoms with E-state index in [-0.39, 0.29) is 46.5 Å². The Kier molecular flexibility index (Phi) is 12.8. The molecular weight excluding hydrogens is 885 g/mol. The summed E-state index contributed by atoms with van der Waals surface area (Å²) in [6, 6.07) is 15.0. The van der Waals surface area contributed by atoms with Gasteiger partial charge in [0.05, 0.1) is 16.7 Å². The minimum absolute atomic E-state index is 0.0537. The van der Waals surface area contributed by atoms with Gasteiger partial charge in [-0.3, -0.25) is 48.0 Å². The summed E-state index contributed by atoms with van der Waals surface area (Å²) in [4.78, 5) is 77.6. The maximum atomic E-state index is 15.8. The first-order valence-corrected chi connectivity index (χ1v) is 24.2. The van der Waals surface area contributed by atoms with Crippen LogP contribution in [0, 0.1) is 17.6 Å². The largest absolute Gasteiger partial charge is 0.388 e. The minimum atomic E-state index is -0.715. The number of piperidine rings is 3. The fourth-order valence-electron chi connectivity index (χ4n) is 11.2. The standard InChI is InChI=1S/C51H59F2N11O5/c1-54-36-13-19-63(46(66)27-36)41-8-14-55-48-38(41)28-37(57(48)2)31-59-15-11-34(12-16-59)47-39(52)25-35(26-40(47)53)50(68)62-17-9-32(10-18-62)29-60-20-22-61(23-21-60)30-33-4-5-42-44(24-33)58(3)51(69)64(42)43-6-7-45(65)56-49(43)67/h4-5,8,13-14,19,24-28,32,34,43,54H,6-7,9-12,15-18,20-23,29-31H2,1-3H3,(H,56,65,67)/t43-/m0/s1. The van der Waals surface area contributed by atoms with Crippen molar-refractivity contribution in [2.24, 2.45) is 20.0 Å². The molecule has 0 spiro atoms. The van der Waals surface area contributed by atoms with Crippen molar-refractivity contribution >= 4 is 45.5 Å². The number of benzene rings is 2. The van der Waals surface area contributed by atoms with Gasteiger partial charge in [0.1, 0.15) is 23.3 Å². The molecule has 4 aliphatic heterocycles. The number of hydrogen-bond donors (Lipinski definition) is 2. The van der Waals surface area contributed by atoms with Gasteiger partial charge in [0.25, 0.3) is 11.5 Å². The molecular formula is C51H59F2N11O5. The predicted molar refractivity (Wildman–Crippen MR) is 258 cm³/mol. The Hall–Kier alpha value is -6.50. The fourth-order valence-corrected chi connectivity index (χ4v) is 11.2. The number of rotatable bonds is 11. The van der Waals surface area contributed by atoms with Crippen molar-refractivity contribution in [3.05, 3.63) is 122 Å². The first-order valence-electron chi connectivity index (χ1n) is 24.2. The number of nitrogens with zero attached hydrogens (tertiary/aromatic N) is 9. The molecule has 3 amide bonds. The number of likely N-dealkylation sites (tertiary alicyclic amines) is 2. The highest BCUT2D eigenvalue weighted by molar-refractivity contribution is 6.00. The molecule has 2 aromatic carbocycles. The predicted octanol–water partition coefficient (Wildman–Crippen LogP) is 4.72. The average Bonchev–Trinajstić information content (AvgIpc) is 3.79. The van der Waals surface area contributed by atoms with E-state index in [2.05, 4.69) is 36.4 Å². The molecule has 18 heteroatoms. The Morgan fingerprint density at radius 3 is 2.17 bits per heavy atom. The van der Waals surface area contributed by atoms with E-state index in [1.807, 2.05) is 41.9 Å². The van der Waals surface area contributed by atoms with Crippen molar-refractivity contribution in [1.82, 2.24) is 48.2 Å². The summed E-state index contributed by atoms with van der Waals surface area (Å²) in [5.41, 5.74) is 5.47. The van der Waals surface area contributed by atoms with Gasteiger partial charge in [-0.2, -0.15) is 0 Å². The van der Waals surface area contributed by atoms with Crippen LogP contribution >= 0.6 is 0 Å². The smallest absolute Gasteiger partial charge is 0.329 e. The lowest BCUT2D eigenvalue weighted by Crippen LogP contribution is -2.48. The maximum Gasteiger partial charge on any atom is 0.329 e. The number of aromatic nitrogens is 5. The highest BCUT2D eigenvalue weighted by Gasteiger charge is 2.33. The molecule has 0 unspecified atom stereocenters. The SMILES string of the molecule is CNc1ccn(-c2ccnc3c2cc(CN2CCC(c4c(F)cc(C(=O)N5CCC(CN6CCN(Cc7ccc8c(c7)n(C)c(=O)n8[C@H]7CCC(=O)NC7=O)CC6)CC5)cc4F)CC2)n3C)c(=O)c1. The molecule has 1 atom stereocenters. The van der Waals surface area contributed by atoms with Crippen LogP contribution in [0.4, 0.5) is 14.5 Å². The van der Waals surface area contributed by atoms with Crippen LogP contribution < -0.4 is 21.9 Å². The molecule has 69 heavy (non-hydrogen) atoms. The van der Waals surface area contributed by atoms with Crippen LogP contribution in [0.3, 0.4) is 0 Å². The number of hydrogen-bond acceptors (Lipinski definition) is 10. The number of pyridine rings is 2. The minimum Gasteiger partial charge on any atom is -0.388 e. The van der Waals surface area contributed by atoms with Gasteiger partial charge >= 0.3 is 5.69 Å². The first-order chi connectivity index (χ1) is 33.3. The Bertz CT molecular complexity index is 3060. The number of aryl methyl sites for hydroxylation is 2. The van der Waals surface area contributed by atoms with Gasteiger partial charge in [-0.25, -0.2) is 18.6 Å². The van der Waals surface area contributed by atoms with E-state index < -0.39 is 23.6 Å². The molecule has 0 aliphatic carbocycles. The number of piperazine rings is 1. The van der Waals surface area contributed by atoms with Crippen LogP contribution in [0.1, 0.15) is 77.7 Å². The molecule has 4 aliphatic rings. The third-order valence-electron chi connectivity index (χ3n) is 15.1. The molecule has 8 heterocycles. The van der Waals surface area contributed by atoms with Crippen LogP contribution in [-0.2, 0) is 36.8 Å². The molecule has 2 N–H and O–H groups in total. The summed E-state index contributed by atoms with van der Waals surface area (Å²) in [6.45, 7) is 8.27. The third-order valence-corrected chi connectivity index (χ3v) is 15.1. The van der Waals surface area contributed by atoms with Gasteiger partial charge in [0.2, 0.25) is 11.8 Å². The van der Waals surface area contributed by atoms with Crippen LogP contribution in [-0.4, -0.2) is 127 Å². The average molecular weight is 944 g/mol. The van der Waals surface area contributed by atoms with Crippen molar-refractivity contribution in [3.8, 4) is 5.69 Å². The second-order valence-corrected chi connectivity index (χ2v) is 19.4. The summed E-state index contributed by atoms with van der Waals surface area (Å²) in [5, 5.41) is 6.22. The van der Waals surface area contributed by atoms with Gasteiger partial charge in [0.15, 0.2) is 0 Å². The van der Waals surface area contributed by atoms with Gasteiger partial charge in [-0.05, 0) is 105 Å². The summed E-state index contributed by atoms with van der Waals surface area (Å²) < 4.78 is 38.4. The zero-order valence-corrected chi connectivity index (χ0v) is 39.4. The molecule has 0 bridgehead atoms. The summed E-state index contributed by atoms with van der Waals surface area (Å²) in [7, 11) is 5.44. The highest BCUT2D eigenvalue weighted by Crippen LogP contribution is 2.35. The van der Waals surface area contributed by atoms with E-state index in [1.54, 1.807) is 46.6 Å². The van der Waals surface area contributed by atoms with Crippen molar-refractivity contribution in [2.75, 3.05) is 71.3 Å². The van der Waals surface area contributed by atoms with Gasteiger partial charge in [0, 0.05) is 133 Å². The number of amides is 3. The number of imidazole rings is 1. The number of anilines is 1. The number of carbonyl (C=O) groups is 3. The topological polar surface area (TPSA) is 155 Å². The van der Waals surface area contributed by atoms with E-state index >= 15 is 8.78 Å². The van der Waals surface area contributed by atoms with Crippen LogP contribution in [0.2, 0.25) is 0 Å². The molecule has 10 rings (SSSR count). The molecule has 362 valence electrons. The molecule has 4 saturated heterocycles. The zero-order chi connectivity index (χ0) is 48.1. The number of carbonyl (C=O) groups excluding carboxylic acids is 3. The molecule has 4 aromatic heterocycles. The third kappa shape index (κ3) is 9.12. The van der Waals surface area contributed by atoms with Crippen LogP contribution in [0.25, 0.3) is 27.8 Å². The van der Waals surface area contributed by atoms with Gasteiger partial charge in [-0.1, -0.05) is 6.07 Å². The number of imide groups is 1. The van der Waals surface area contributed by atoms with Crippen molar-refractivity contribution in [1.29, 1.82) is 0 Å². The molecule has 6 aromatic rings.